The fraction of sp³-hybridized carbons (Fsp3) is 0.565. The minimum Gasteiger partial charge on any atom is -0.493 e. The fourth-order valence-electron chi connectivity index (χ4n) is 4.07. The number of allylic oxidation sites excluding steroid dienone is 2. The molecular weight excluding hydrogens is 403 g/mol. The highest BCUT2D eigenvalue weighted by Crippen LogP contribution is 2.33. The number of carboxylic acid groups (broad SMARTS) is 1. The number of ether oxygens (including phenoxy) is 1. The highest BCUT2D eigenvalue weighted by Gasteiger charge is 2.25. The Balaban J connectivity index is 1.52. The Morgan fingerprint density at radius 3 is 2.61 bits per heavy atom. The molecule has 8 heteroatoms. The van der Waals surface area contributed by atoms with Crippen LogP contribution in [0.4, 0.5) is 9.18 Å². The van der Waals surface area contributed by atoms with E-state index in [9.17, 15) is 14.0 Å². The monoisotopic (exact) mass is 434 g/mol. The topological polar surface area (TPSA) is 99.1 Å². The van der Waals surface area contributed by atoms with Gasteiger partial charge in [0.25, 0.3) is 0 Å². The molecule has 0 spiro atoms. The zero-order valence-corrected chi connectivity index (χ0v) is 17.8. The molecule has 1 unspecified atom stereocenters. The molecule has 0 aromatic heterocycles. The molecule has 1 fully saturated rings. The Bertz CT molecular complexity index is 820. The number of halogens is 1. The Morgan fingerprint density at radius 2 is 2.03 bits per heavy atom. The second kappa shape index (κ2) is 10.6. The van der Waals surface area contributed by atoms with Crippen molar-refractivity contribution in [2.24, 2.45) is 11.8 Å². The van der Waals surface area contributed by atoms with Crippen LogP contribution in [-0.2, 0) is 4.79 Å². The standard InChI is InChI=1S/C23H31FN2O5/c1-15(13-27)25-22(28)18-4-2-17(3-5-18)20-7-6-19(12-21(20)24)31-14-16-8-10-26(11-9-16)23(29)30/h2,6-7,12,15-16,18,27H,3-5,8-11,13-14H2,1H3,(H,25,28)(H,29,30)/t15-,18?/m1/s1. The van der Waals surface area contributed by atoms with Crippen molar-refractivity contribution >= 4 is 17.6 Å². The number of amides is 2. The van der Waals surface area contributed by atoms with Crippen molar-refractivity contribution in [3.8, 4) is 5.75 Å². The summed E-state index contributed by atoms with van der Waals surface area (Å²) in [7, 11) is 0. The second-order valence-electron chi connectivity index (χ2n) is 8.46. The maximum Gasteiger partial charge on any atom is 0.407 e. The first-order valence-electron chi connectivity index (χ1n) is 10.9. The number of aliphatic hydroxyl groups is 1. The lowest BCUT2D eigenvalue weighted by Gasteiger charge is -2.29. The molecular formula is C23H31FN2O5. The average molecular weight is 435 g/mol. The van der Waals surface area contributed by atoms with Gasteiger partial charge < -0.3 is 25.2 Å². The lowest BCUT2D eigenvalue weighted by atomic mass is 9.86. The minimum atomic E-state index is -0.888. The third-order valence-electron chi connectivity index (χ3n) is 6.10. The van der Waals surface area contributed by atoms with Crippen molar-refractivity contribution in [2.75, 3.05) is 26.3 Å². The van der Waals surface area contributed by atoms with Crippen LogP contribution in [0.1, 0.15) is 44.6 Å². The van der Waals surface area contributed by atoms with E-state index in [2.05, 4.69) is 5.32 Å². The molecule has 1 aliphatic carbocycles. The van der Waals surface area contributed by atoms with E-state index in [-0.39, 0.29) is 36.2 Å². The molecule has 170 valence electrons. The fourth-order valence-corrected chi connectivity index (χ4v) is 4.07. The SMILES string of the molecule is C[C@H](CO)NC(=O)C1CC=C(c2ccc(OCC3CCN(C(=O)O)CC3)cc2F)CC1. The van der Waals surface area contributed by atoms with Crippen LogP contribution in [0.15, 0.2) is 24.3 Å². The van der Waals surface area contributed by atoms with Gasteiger partial charge in [-0.2, -0.15) is 0 Å². The van der Waals surface area contributed by atoms with Crippen LogP contribution in [0.5, 0.6) is 5.75 Å². The van der Waals surface area contributed by atoms with Gasteiger partial charge in [0.15, 0.2) is 0 Å². The summed E-state index contributed by atoms with van der Waals surface area (Å²) < 4.78 is 20.5. The Morgan fingerprint density at radius 1 is 1.29 bits per heavy atom. The van der Waals surface area contributed by atoms with Crippen LogP contribution < -0.4 is 10.1 Å². The van der Waals surface area contributed by atoms with Crippen LogP contribution in [0.3, 0.4) is 0 Å². The van der Waals surface area contributed by atoms with Gasteiger partial charge in [0.05, 0.1) is 13.2 Å². The number of piperidine rings is 1. The summed E-state index contributed by atoms with van der Waals surface area (Å²) >= 11 is 0. The summed E-state index contributed by atoms with van der Waals surface area (Å²) in [5.74, 6) is 0.150. The predicted octanol–water partition coefficient (Wildman–Crippen LogP) is 3.28. The van der Waals surface area contributed by atoms with Gasteiger partial charge in [0.2, 0.25) is 5.91 Å². The van der Waals surface area contributed by atoms with Crippen molar-refractivity contribution in [1.82, 2.24) is 10.2 Å². The maximum atomic E-state index is 14.7. The molecule has 1 heterocycles. The molecule has 3 N–H and O–H groups in total. The number of nitrogens with one attached hydrogen (secondary N) is 1. The summed E-state index contributed by atoms with van der Waals surface area (Å²) in [6.07, 6.45) is 4.32. The lowest BCUT2D eigenvalue weighted by Crippen LogP contribution is -2.39. The summed E-state index contributed by atoms with van der Waals surface area (Å²) in [5.41, 5.74) is 1.43. The number of carbonyl (C=O) groups is 2. The van der Waals surface area contributed by atoms with E-state index in [0.717, 1.165) is 18.4 Å². The van der Waals surface area contributed by atoms with Crippen LogP contribution in [-0.4, -0.2) is 59.5 Å². The second-order valence-corrected chi connectivity index (χ2v) is 8.46. The number of likely N-dealkylation sites (tertiary alicyclic amines) is 1. The number of nitrogens with zero attached hydrogens (tertiary/aromatic N) is 1. The molecule has 3 rings (SSSR count). The number of hydrogen-bond acceptors (Lipinski definition) is 4. The van der Waals surface area contributed by atoms with Crippen molar-refractivity contribution in [3.05, 3.63) is 35.7 Å². The van der Waals surface area contributed by atoms with Crippen LogP contribution >= 0.6 is 0 Å². The summed E-state index contributed by atoms with van der Waals surface area (Å²) in [4.78, 5) is 24.6. The Labute approximate surface area is 181 Å². The normalized spacial score (nSPS) is 20.7. The van der Waals surface area contributed by atoms with Crippen LogP contribution in [0.25, 0.3) is 5.57 Å². The van der Waals surface area contributed by atoms with E-state index in [1.807, 2.05) is 6.08 Å². The quantitative estimate of drug-likeness (QED) is 0.612. The molecule has 1 aliphatic heterocycles. The Kier molecular flexibility index (Phi) is 7.90. The Hall–Kier alpha value is -2.61. The van der Waals surface area contributed by atoms with Crippen molar-refractivity contribution < 1.29 is 28.9 Å². The summed E-state index contributed by atoms with van der Waals surface area (Å²) in [6, 6.07) is 4.60. The zero-order valence-electron chi connectivity index (χ0n) is 17.8. The number of aliphatic hydroxyl groups excluding tert-OH is 1. The van der Waals surface area contributed by atoms with E-state index >= 15 is 0 Å². The summed E-state index contributed by atoms with van der Waals surface area (Å²) in [5, 5.41) is 20.9. The van der Waals surface area contributed by atoms with Crippen molar-refractivity contribution in [1.29, 1.82) is 0 Å². The van der Waals surface area contributed by atoms with Crippen molar-refractivity contribution in [3.63, 3.8) is 0 Å². The van der Waals surface area contributed by atoms with Crippen LogP contribution in [0, 0.1) is 17.7 Å². The number of rotatable bonds is 7. The van der Waals surface area contributed by atoms with Crippen molar-refractivity contribution in [2.45, 2.75) is 45.1 Å². The lowest BCUT2D eigenvalue weighted by molar-refractivity contribution is -0.126. The highest BCUT2D eigenvalue weighted by molar-refractivity contribution is 5.81. The van der Waals surface area contributed by atoms with Gasteiger partial charge in [-0.1, -0.05) is 6.08 Å². The van der Waals surface area contributed by atoms with Gasteiger partial charge in [-0.05, 0) is 62.7 Å². The third kappa shape index (κ3) is 6.19. The molecule has 7 nitrogen and oxygen atoms in total. The van der Waals surface area contributed by atoms with Gasteiger partial charge in [-0.15, -0.1) is 0 Å². The highest BCUT2D eigenvalue weighted by atomic mass is 19.1. The smallest absolute Gasteiger partial charge is 0.407 e. The zero-order chi connectivity index (χ0) is 22.4. The molecule has 1 saturated heterocycles. The van der Waals surface area contributed by atoms with Gasteiger partial charge in [-0.3, -0.25) is 4.79 Å². The van der Waals surface area contributed by atoms with E-state index in [1.165, 1.54) is 11.0 Å². The molecule has 31 heavy (non-hydrogen) atoms. The molecule has 2 aliphatic rings. The average Bonchev–Trinajstić information content (AvgIpc) is 2.78. The van der Waals surface area contributed by atoms with Gasteiger partial charge in [-0.25, -0.2) is 9.18 Å². The number of hydrogen-bond donors (Lipinski definition) is 3. The number of benzene rings is 1. The molecule has 0 bridgehead atoms. The first kappa shape index (κ1) is 23.1. The molecule has 0 radical (unpaired) electrons. The van der Waals surface area contributed by atoms with E-state index < -0.39 is 6.09 Å². The van der Waals surface area contributed by atoms with Gasteiger partial charge >= 0.3 is 6.09 Å². The maximum absolute atomic E-state index is 14.7. The minimum absolute atomic E-state index is 0.0738. The number of carbonyl (C=O) groups excluding carboxylic acids is 1. The first-order valence-corrected chi connectivity index (χ1v) is 10.9. The predicted molar refractivity (Wildman–Crippen MR) is 114 cm³/mol. The molecule has 0 saturated carbocycles. The molecule has 1 aromatic rings. The first-order chi connectivity index (χ1) is 14.9. The largest absolute Gasteiger partial charge is 0.493 e. The third-order valence-corrected chi connectivity index (χ3v) is 6.10. The van der Waals surface area contributed by atoms with Gasteiger partial charge in [0, 0.05) is 36.7 Å². The summed E-state index contributed by atoms with van der Waals surface area (Å²) in [6.45, 7) is 3.10. The van der Waals surface area contributed by atoms with Crippen LogP contribution in [0.2, 0.25) is 0 Å². The van der Waals surface area contributed by atoms with E-state index in [0.29, 0.717) is 50.3 Å². The van der Waals surface area contributed by atoms with E-state index in [1.54, 1.807) is 19.1 Å². The molecule has 2 amide bonds. The van der Waals surface area contributed by atoms with E-state index in [4.69, 9.17) is 14.9 Å². The van der Waals surface area contributed by atoms with Gasteiger partial charge in [0.1, 0.15) is 11.6 Å². The molecule has 2 atom stereocenters. The molecule has 1 aromatic carbocycles.